The van der Waals surface area contributed by atoms with E-state index in [1.807, 2.05) is 6.26 Å². The minimum absolute atomic E-state index is 0.336. The Bertz CT molecular complexity index is 884. The van der Waals surface area contributed by atoms with Gasteiger partial charge in [-0.25, -0.2) is 0 Å². The van der Waals surface area contributed by atoms with Crippen LogP contribution in [-0.4, -0.2) is 56.4 Å². The van der Waals surface area contributed by atoms with E-state index in [1.165, 1.54) is 16.7 Å². The lowest BCUT2D eigenvalue weighted by atomic mass is 10.1. The van der Waals surface area contributed by atoms with Crippen molar-refractivity contribution < 1.29 is 14.7 Å². The summed E-state index contributed by atoms with van der Waals surface area (Å²) in [5.41, 5.74) is 0.0536. The lowest BCUT2D eigenvalue weighted by molar-refractivity contribution is -0.310. The number of carbonyl (C=O) groups excluding carboxylic acids is 2. The van der Waals surface area contributed by atoms with Crippen LogP contribution in [0.3, 0.4) is 0 Å². The molecule has 0 radical (unpaired) electrons. The van der Waals surface area contributed by atoms with Crippen molar-refractivity contribution in [2.24, 2.45) is 0 Å². The summed E-state index contributed by atoms with van der Waals surface area (Å²) in [4.78, 5) is 38.5. The number of carboxylic acid groups (broad SMARTS) is 1. The molecule has 1 saturated heterocycles. The van der Waals surface area contributed by atoms with E-state index in [2.05, 4.69) is 10.3 Å². The number of rotatable bonds is 6. The number of amides is 1. The number of carboxylic acids is 1. The lowest BCUT2D eigenvalue weighted by Gasteiger charge is -2.29. The first-order valence-corrected chi connectivity index (χ1v) is 9.78. The van der Waals surface area contributed by atoms with Crippen LogP contribution in [0.1, 0.15) is 25.3 Å². The van der Waals surface area contributed by atoms with Crippen LogP contribution in [0.15, 0.2) is 29.1 Å². The van der Waals surface area contributed by atoms with Crippen LogP contribution in [0.2, 0.25) is 0 Å². The molecule has 0 aliphatic carbocycles. The Kier molecular flexibility index (Phi) is 5.55. The fourth-order valence-electron chi connectivity index (χ4n) is 3.25. The number of aromatic nitrogens is 3. The zero-order chi connectivity index (χ0) is 18.7. The average Bonchev–Trinajstić information content (AvgIpc) is 3.13. The van der Waals surface area contributed by atoms with Crippen molar-refractivity contribution >= 4 is 34.5 Å². The monoisotopic (exact) mass is 375 g/mol. The highest BCUT2D eigenvalue weighted by Gasteiger charge is 2.35. The fraction of sp³-hybridized carbons (Fsp3) is 0.471. The normalized spacial score (nSPS) is 18.2. The molecular weight excluding hydrogens is 356 g/mol. The average molecular weight is 375 g/mol. The molecule has 0 saturated carbocycles. The molecule has 1 aliphatic rings. The molecule has 0 unspecified atom stereocenters. The van der Waals surface area contributed by atoms with Crippen molar-refractivity contribution in [3.05, 3.63) is 34.6 Å². The third-order valence-electron chi connectivity index (χ3n) is 4.58. The van der Waals surface area contributed by atoms with Gasteiger partial charge in [0.1, 0.15) is 11.6 Å². The van der Waals surface area contributed by atoms with E-state index in [-0.39, 0.29) is 0 Å². The molecule has 2 aromatic rings. The number of nitrogens with zero attached hydrogens (tertiary/aromatic N) is 4. The Balaban J connectivity index is 2.01. The van der Waals surface area contributed by atoms with Gasteiger partial charge in [-0.2, -0.15) is 16.4 Å². The van der Waals surface area contributed by atoms with Gasteiger partial charge in [-0.1, -0.05) is 17.3 Å². The maximum atomic E-state index is 13.1. The highest BCUT2D eigenvalue weighted by Crippen LogP contribution is 2.23. The molecule has 0 N–H and O–H groups in total. The van der Waals surface area contributed by atoms with Crippen LogP contribution in [0.5, 0.6) is 0 Å². The van der Waals surface area contributed by atoms with Crippen LogP contribution in [-0.2, 0) is 9.59 Å². The van der Waals surface area contributed by atoms with E-state index in [1.54, 1.807) is 24.3 Å². The molecule has 1 aromatic heterocycles. The molecule has 8 nitrogen and oxygen atoms in total. The minimum atomic E-state index is -1.27. The zero-order valence-electron chi connectivity index (χ0n) is 14.3. The van der Waals surface area contributed by atoms with Gasteiger partial charge in [0.25, 0.3) is 5.56 Å². The summed E-state index contributed by atoms with van der Waals surface area (Å²) >= 11 is 1.54. The van der Waals surface area contributed by atoms with Gasteiger partial charge in [0.15, 0.2) is 0 Å². The summed E-state index contributed by atoms with van der Waals surface area (Å²) in [6, 6.07) is 4.96. The summed E-state index contributed by atoms with van der Waals surface area (Å²) in [7, 11) is 0. The Labute approximate surface area is 154 Å². The van der Waals surface area contributed by atoms with E-state index >= 15 is 0 Å². The van der Waals surface area contributed by atoms with Crippen molar-refractivity contribution in [1.29, 1.82) is 0 Å². The molecule has 2 atom stereocenters. The third kappa shape index (κ3) is 3.44. The number of thioether (sulfide) groups is 1. The first kappa shape index (κ1) is 18.4. The van der Waals surface area contributed by atoms with Gasteiger partial charge < -0.3 is 14.8 Å². The van der Waals surface area contributed by atoms with Crippen molar-refractivity contribution in [1.82, 2.24) is 19.9 Å². The summed E-state index contributed by atoms with van der Waals surface area (Å²) in [5, 5.41) is 19.7. The summed E-state index contributed by atoms with van der Waals surface area (Å²) in [6.07, 6.45) is 3.22. The van der Waals surface area contributed by atoms with Gasteiger partial charge in [0.2, 0.25) is 5.91 Å². The van der Waals surface area contributed by atoms with E-state index in [0.717, 1.165) is 4.68 Å². The second kappa shape index (κ2) is 7.86. The third-order valence-corrected chi connectivity index (χ3v) is 5.22. The van der Waals surface area contributed by atoms with Gasteiger partial charge in [0.05, 0.1) is 17.4 Å². The smallest absolute Gasteiger partial charge is 0.278 e. The van der Waals surface area contributed by atoms with Crippen LogP contribution in [0.4, 0.5) is 0 Å². The largest absolute Gasteiger partial charge is 0.548 e. The van der Waals surface area contributed by atoms with E-state index in [9.17, 15) is 19.5 Å². The molecule has 1 fully saturated rings. The van der Waals surface area contributed by atoms with Crippen LogP contribution >= 0.6 is 11.8 Å². The van der Waals surface area contributed by atoms with Gasteiger partial charge in [0, 0.05) is 6.54 Å². The molecule has 9 heteroatoms. The molecule has 1 amide bonds. The minimum Gasteiger partial charge on any atom is -0.548 e. The van der Waals surface area contributed by atoms with Gasteiger partial charge in [-0.05, 0) is 43.4 Å². The number of aliphatic carboxylic acids is 1. The Hall–Kier alpha value is -2.42. The van der Waals surface area contributed by atoms with Crippen molar-refractivity contribution in [3.63, 3.8) is 0 Å². The molecule has 1 aliphatic heterocycles. The standard InChI is InChI=1S/C17H20N4O4S/c1-26-10-8-13(16(23)20-9-4-7-14(20)17(24)25)21-15(22)11-5-2-3-6-12(11)18-19-21/h2-3,5-6,13-14H,4,7-10H2,1H3,(H,24,25)/p-1/t13-,14+/m0/s1. The number of carbonyl (C=O) groups is 2. The van der Waals surface area contributed by atoms with Crippen LogP contribution in [0, 0.1) is 0 Å². The van der Waals surface area contributed by atoms with E-state index in [0.29, 0.717) is 42.5 Å². The maximum Gasteiger partial charge on any atom is 0.278 e. The van der Waals surface area contributed by atoms with E-state index < -0.39 is 29.5 Å². The summed E-state index contributed by atoms with van der Waals surface area (Å²) in [6.45, 7) is 0.336. The fourth-order valence-corrected chi connectivity index (χ4v) is 3.71. The molecule has 1 aromatic carbocycles. The molecule has 2 heterocycles. The first-order chi connectivity index (χ1) is 12.5. The van der Waals surface area contributed by atoms with Gasteiger partial charge in [-0.3, -0.25) is 9.59 Å². The SMILES string of the molecule is CSCC[C@@H](C(=O)N1CCC[C@@H]1C(=O)[O-])n1nnc2ccccc2c1=O. The highest BCUT2D eigenvalue weighted by atomic mass is 32.2. The Morgan fingerprint density at radius 2 is 2.15 bits per heavy atom. The Morgan fingerprint density at radius 3 is 2.88 bits per heavy atom. The van der Waals surface area contributed by atoms with Crippen molar-refractivity contribution in [2.45, 2.75) is 31.3 Å². The van der Waals surface area contributed by atoms with Crippen molar-refractivity contribution in [3.8, 4) is 0 Å². The van der Waals surface area contributed by atoms with Crippen LogP contribution in [0.25, 0.3) is 10.9 Å². The summed E-state index contributed by atoms with van der Waals surface area (Å²) < 4.78 is 1.09. The molecular formula is C17H19N4O4S-. The zero-order valence-corrected chi connectivity index (χ0v) is 15.1. The predicted molar refractivity (Wildman–Crippen MR) is 95.6 cm³/mol. The van der Waals surface area contributed by atoms with Crippen molar-refractivity contribution in [2.75, 3.05) is 18.6 Å². The van der Waals surface area contributed by atoms with E-state index in [4.69, 9.17) is 0 Å². The number of fused-ring (bicyclic) bond motifs is 1. The number of hydrogen-bond acceptors (Lipinski definition) is 7. The second-order valence-electron chi connectivity index (χ2n) is 6.16. The Morgan fingerprint density at radius 1 is 1.38 bits per heavy atom. The molecule has 138 valence electrons. The first-order valence-electron chi connectivity index (χ1n) is 8.39. The topological polar surface area (TPSA) is 108 Å². The van der Waals surface area contributed by atoms with Gasteiger partial charge in [-0.15, -0.1) is 5.10 Å². The summed E-state index contributed by atoms with van der Waals surface area (Å²) in [5.74, 6) is -1.06. The number of likely N-dealkylation sites (tertiary alicyclic amines) is 1. The quantitative estimate of drug-likeness (QED) is 0.689. The van der Waals surface area contributed by atoms with Crippen LogP contribution < -0.4 is 10.7 Å². The highest BCUT2D eigenvalue weighted by molar-refractivity contribution is 7.98. The van der Waals surface area contributed by atoms with Gasteiger partial charge >= 0.3 is 0 Å². The molecule has 0 spiro atoms. The predicted octanol–water partition coefficient (Wildman–Crippen LogP) is -0.173. The lowest BCUT2D eigenvalue weighted by Crippen LogP contribution is -2.50. The second-order valence-corrected chi connectivity index (χ2v) is 7.15. The number of hydrogen-bond donors (Lipinski definition) is 0. The number of benzene rings is 1. The maximum absolute atomic E-state index is 13.1. The molecule has 0 bridgehead atoms. The molecule has 3 rings (SSSR count). The molecule has 26 heavy (non-hydrogen) atoms.